The summed E-state index contributed by atoms with van der Waals surface area (Å²) in [5, 5.41) is 3.31. The number of nitrogens with zero attached hydrogens (tertiary/aromatic N) is 2. The van der Waals surface area contributed by atoms with Gasteiger partial charge in [0.25, 0.3) is 0 Å². The SMILES string of the molecule is CC(C)(c1ccnc(-c2[c-]cc3oc4cccc(-c5ccccc5F)c4c3c2)c1)C1CCCC1.Cc1cc(-c2[c-]cccc2)ncc1[Si](C)(C)C.[Ir]. The quantitative estimate of drug-likeness (QED) is 0.123. The minimum atomic E-state index is -1.27. The molecule has 0 spiro atoms. The number of halogens is 1. The van der Waals surface area contributed by atoms with Crippen LogP contribution in [0.5, 0.6) is 0 Å². The van der Waals surface area contributed by atoms with Gasteiger partial charge in [0.1, 0.15) is 11.4 Å². The Morgan fingerprint density at radius 2 is 1.52 bits per heavy atom. The van der Waals surface area contributed by atoms with Crippen LogP contribution in [0.1, 0.15) is 50.7 Å². The fraction of sp³-hybridized carbons (Fsp3) is 0.261. The fourth-order valence-corrected chi connectivity index (χ4v) is 9.43. The molecule has 0 saturated heterocycles. The molecule has 1 fully saturated rings. The Morgan fingerprint density at radius 3 is 2.23 bits per heavy atom. The number of aryl methyl sites for hydroxylation is 1. The number of hydrogen-bond acceptors (Lipinski definition) is 3. The van der Waals surface area contributed by atoms with Crippen molar-refractivity contribution in [3.63, 3.8) is 0 Å². The summed E-state index contributed by atoms with van der Waals surface area (Å²) in [5.41, 5.74) is 9.58. The Kier molecular flexibility index (Phi) is 11.1. The van der Waals surface area contributed by atoms with Crippen LogP contribution in [0.2, 0.25) is 19.6 Å². The Hall–Kier alpha value is -4.22. The summed E-state index contributed by atoms with van der Waals surface area (Å²) in [7, 11) is -1.27. The zero-order valence-electron chi connectivity index (χ0n) is 30.8. The maximum Gasteiger partial charge on any atom is 0.131 e. The molecule has 1 radical (unpaired) electrons. The van der Waals surface area contributed by atoms with Gasteiger partial charge >= 0.3 is 0 Å². The molecule has 0 unspecified atom stereocenters. The summed E-state index contributed by atoms with van der Waals surface area (Å²) in [4.78, 5) is 9.27. The second-order valence-corrected chi connectivity index (χ2v) is 20.5. The number of hydrogen-bond donors (Lipinski definition) is 0. The average Bonchev–Trinajstić information content (AvgIpc) is 3.81. The van der Waals surface area contributed by atoms with E-state index in [2.05, 4.69) is 94.1 Å². The minimum absolute atomic E-state index is 0. The predicted molar refractivity (Wildman–Crippen MR) is 212 cm³/mol. The maximum atomic E-state index is 14.7. The second kappa shape index (κ2) is 15.4. The second-order valence-electron chi connectivity index (χ2n) is 15.4. The van der Waals surface area contributed by atoms with Crippen LogP contribution in [0, 0.1) is 30.8 Å². The number of furan rings is 1. The first-order chi connectivity index (χ1) is 24.5. The van der Waals surface area contributed by atoms with Gasteiger partial charge in [-0.1, -0.05) is 99.7 Å². The van der Waals surface area contributed by atoms with Gasteiger partial charge in [-0.05, 0) is 77.0 Å². The molecule has 0 aliphatic heterocycles. The van der Waals surface area contributed by atoms with Crippen molar-refractivity contribution >= 4 is 35.2 Å². The van der Waals surface area contributed by atoms with E-state index >= 15 is 0 Å². The molecule has 4 aromatic carbocycles. The normalized spacial score (nSPS) is 13.5. The van der Waals surface area contributed by atoms with E-state index in [1.165, 1.54) is 48.1 Å². The van der Waals surface area contributed by atoms with Crippen molar-refractivity contribution in [1.29, 1.82) is 0 Å². The fourth-order valence-electron chi connectivity index (χ4n) is 7.73. The van der Waals surface area contributed by atoms with Gasteiger partial charge in [0.2, 0.25) is 0 Å². The molecule has 8 rings (SSSR count). The number of benzene rings is 4. The summed E-state index contributed by atoms with van der Waals surface area (Å²) in [6.07, 6.45) is 9.21. The van der Waals surface area contributed by atoms with Gasteiger partial charge in [-0.15, -0.1) is 59.7 Å². The molecule has 3 aromatic heterocycles. The number of fused-ring (bicyclic) bond motifs is 3. The molecule has 7 aromatic rings. The summed E-state index contributed by atoms with van der Waals surface area (Å²) in [5.74, 6) is 0.464. The van der Waals surface area contributed by atoms with Crippen LogP contribution >= 0.6 is 0 Å². The van der Waals surface area contributed by atoms with Crippen molar-refractivity contribution in [2.45, 2.75) is 71.5 Å². The van der Waals surface area contributed by atoms with Crippen LogP contribution in [0.15, 0.2) is 114 Å². The zero-order valence-corrected chi connectivity index (χ0v) is 34.2. The van der Waals surface area contributed by atoms with Gasteiger partial charge in [0.05, 0.1) is 13.7 Å². The van der Waals surface area contributed by atoms with Crippen molar-refractivity contribution in [3.05, 3.63) is 139 Å². The van der Waals surface area contributed by atoms with Crippen molar-refractivity contribution in [2.24, 2.45) is 5.92 Å². The third-order valence-electron chi connectivity index (χ3n) is 10.7. The number of aromatic nitrogens is 2. The van der Waals surface area contributed by atoms with Crippen molar-refractivity contribution in [2.75, 3.05) is 0 Å². The molecule has 0 amide bonds. The van der Waals surface area contributed by atoms with Gasteiger partial charge in [-0.3, -0.25) is 0 Å². The van der Waals surface area contributed by atoms with E-state index in [0.717, 1.165) is 50.0 Å². The summed E-state index contributed by atoms with van der Waals surface area (Å²) >= 11 is 0. The number of rotatable bonds is 6. The number of pyridine rings is 2. The van der Waals surface area contributed by atoms with E-state index in [4.69, 9.17) is 9.40 Å². The van der Waals surface area contributed by atoms with Crippen LogP contribution in [0.3, 0.4) is 0 Å². The molecular weight excluding hydrogens is 836 g/mol. The first kappa shape index (κ1) is 37.5. The molecule has 3 heterocycles. The Labute approximate surface area is 322 Å². The van der Waals surface area contributed by atoms with E-state index in [1.807, 2.05) is 60.8 Å². The Bertz CT molecular complexity index is 2320. The molecule has 0 atom stereocenters. The molecule has 1 aliphatic carbocycles. The average molecular weight is 881 g/mol. The van der Waals surface area contributed by atoms with E-state index in [0.29, 0.717) is 11.5 Å². The molecular formula is C46H45FIrN2OSi-2. The summed E-state index contributed by atoms with van der Waals surface area (Å²) in [6, 6.07) is 37.8. The summed E-state index contributed by atoms with van der Waals surface area (Å²) in [6.45, 7) is 14.0. The van der Waals surface area contributed by atoms with Crippen molar-refractivity contribution < 1.29 is 28.9 Å². The van der Waals surface area contributed by atoms with Crippen molar-refractivity contribution in [3.8, 4) is 33.6 Å². The third-order valence-corrected chi connectivity index (χ3v) is 12.8. The molecule has 52 heavy (non-hydrogen) atoms. The molecule has 0 bridgehead atoms. The smallest absolute Gasteiger partial charge is 0.131 e. The Morgan fingerprint density at radius 1 is 0.788 bits per heavy atom. The molecule has 1 saturated carbocycles. The van der Waals surface area contributed by atoms with Gasteiger partial charge in [-0.25, -0.2) is 4.39 Å². The van der Waals surface area contributed by atoms with Crippen LogP contribution in [0.4, 0.5) is 4.39 Å². The topological polar surface area (TPSA) is 38.9 Å². The molecule has 1 aliphatic rings. The largest absolute Gasteiger partial charge is 0.500 e. The standard InChI is InChI=1S/C31H27FNO.C15H18NSi.Ir/c1-31(2,21-8-3-4-9-21)22-16-17-33-27(19-22)20-14-15-28-25(18-20)30-24(11-7-13-29(30)34-28)23-10-5-6-12-26(23)32;1-12-10-14(13-8-6-5-7-9-13)16-11-15(12)17(2,3)4;/h5-7,10-13,15-19,21H,3-4,8-9H2,1-2H3;5-8,10-11H,1-4H3;/q2*-1;. The van der Waals surface area contributed by atoms with E-state index < -0.39 is 8.07 Å². The van der Waals surface area contributed by atoms with Gasteiger partial charge in [-0.2, -0.15) is 0 Å². The first-order valence-corrected chi connectivity index (χ1v) is 21.5. The van der Waals surface area contributed by atoms with Crippen LogP contribution in [0.25, 0.3) is 55.6 Å². The minimum Gasteiger partial charge on any atom is -0.500 e. The molecule has 0 N–H and O–H groups in total. The summed E-state index contributed by atoms with van der Waals surface area (Å²) < 4.78 is 20.8. The van der Waals surface area contributed by atoms with Crippen LogP contribution in [-0.4, -0.2) is 18.0 Å². The third kappa shape index (κ3) is 7.62. The molecule has 6 heteroatoms. The monoisotopic (exact) mass is 881 g/mol. The zero-order chi connectivity index (χ0) is 35.8. The molecule has 267 valence electrons. The van der Waals surface area contributed by atoms with E-state index in [9.17, 15) is 4.39 Å². The van der Waals surface area contributed by atoms with Gasteiger partial charge in [0.15, 0.2) is 0 Å². The van der Waals surface area contributed by atoms with E-state index in [-0.39, 0.29) is 31.3 Å². The van der Waals surface area contributed by atoms with Gasteiger partial charge < -0.3 is 14.4 Å². The van der Waals surface area contributed by atoms with E-state index in [1.54, 1.807) is 6.07 Å². The Balaban J connectivity index is 0.000000218. The van der Waals surface area contributed by atoms with Crippen LogP contribution in [-0.2, 0) is 25.5 Å². The van der Waals surface area contributed by atoms with Gasteiger partial charge in [0, 0.05) is 43.4 Å². The van der Waals surface area contributed by atoms with Crippen molar-refractivity contribution in [1.82, 2.24) is 9.97 Å². The first-order valence-electron chi connectivity index (χ1n) is 18.0. The van der Waals surface area contributed by atoms with Crippen LogP contribution < -0.4 is 5.19 Å². The maximum absolute atomic E-state index is 14.7. The predicted octanol–water partition coefficient (Wildman–Crippen LogP) is 12.1. The molecule has 3 nitrogen and oxygen atoms in total.